The van der Waals surface area contributed by atoms with Crippen LogP contribution in [0.2, 0.25) is 0 Å². The normalized spacial score (nSPS) is 51.6. The molecule has 0 amide bonds. The molecule has 10 heavy (non-hydrogen) atoms. The molecule has 1 unspecified atom stereocenters. The minimum atomic E-state index is -0.407. The van der Waals surface area contributed by atoms with E-state index < -0.39 is 6.40 Å². The van der Waals surface area contributed by atoms with Gasteiger partial charge in [-0.05, 0) is 23.7 Å². The summed E-state index contributed by atoms with van der Waals surface area (Å²) >= 11 is 0. The van der Waals surface area contributed by atoms with E-state index in [4.69, 9.17) is 1.37 Å². The summed E-state index contributed by atoms with van der Waals surface area (Å²) in [5.74, 6) is 1.11. The second kappa shape index (κ2) is 1.63. The van der Waals surface area contributed by atoms with Gasteiger partial charge in [0, 0.05) is 14.2 Å². The Morgan fingerprint density at radius 3 is 2.70 bits per heavy atom. The van der Waals surface area contributed by atoms with Crippen LogP contribution >= 0.6 is 0 Å². The average Bonchev–Trinajstić information content (AvgIpc) is 1.93. The molecule has 0 radical (unpaired) electrons. The van der Waals surface area contributed by atoms with Crippen LogP contribution in [0, 0.1) is 17.3 Å². The summed E-state index contributed by atoms with van der Waals surface area (Å²) in [6.07, 6.45) is 1.37. The second-order valence-electron chi connectivity index (χ2n) is 4.20. The number of rotatable bonds is 0. The Kier molecular flexibility index (Phi) is 0.872. The quantitative estimate of drug-likeness (QED) is 0.501. The second-order valence-corrected chi connectivity index (χ2v) is 4.20. The molecule has 0 heterocycles. The molecule has 3 rings (SSSR count). The molecule has 3 fully saturated rings. The van der Waals surface area contributed by atoms with Gasteiger partial charge in [0.05, 0.1) is 0 Å². The Balaban J connectivity index is 2.23. The number of hydrogen-bond donors (Lipinski definition) is 0. The maximum absolute atomic E-state index is 11.1. The van der Waals surface area contributed by atoms with E-state index in [-0.39, 0.29) is 11.2 Å². The molecule has 1 heteroatoms. The van der Waals surface area contributed by atoms with E-state index >= 15 is 0 Å². The summed E-state index contributed by atoms with van der Waals surface area (Å²) in [6, 6.07) is 0. The first kappa shape index (κ1) is 5.34. The Bertz CT molecular complexity index is 210. The van der Waals surface area contributed by atoms with Crippen LogP contribution in [0.5, 0.6) is 0 Å². The summed E-state index contributed by atoms with van der Waals surface area (Å²) in [4.78, 5) is 11.1. The van der Waals surface area contributed by atoms with E-state index in [1.54, 1.807) is 0 Å². The van der Waals surface area contributed by atoms with Crippen LogP contribution in [0.25, 0.3) is 0 Å². The lowest BCUT2D eigenvalue weighted by Crippen LogP contribution is -2.50. The highest BCUT2D eigenvalue weighted by molar-refractivity contribution is 5.81. The molecule has 0 aliphatic heterocycles. The number of Topliss-reactive ketones (excluding diaryl/α,β-unsaturated/α-hetero) is 1. The first-order valence-corrected chi connectivity index (χ1v) is 3.98. The highest BCUT2D eigenvalue weighted by Gasteiger charge is 2.52. The molecule has 0 spiro atoms. The SMILES string of the molecule is [2H]C1C(=O)C[C@H]2C[C@@H]1C2(C)C. The van der Waals surface area contributed by atoms with Crippen LogP contribution in [-0.4, -0.2) is 5.78 Å². The fraction of sp³-hybridized carbons (Fsp3) is 0.889. The van der Waals surface area contributed by atoms with E-state index in [2.05, 4.69) is 13.8 Å². The third-order valence-corrected chi connectivity index (χ3v) is 3.38. The van der Waals surface area contributed by atoms with Crippen molar-refractivity contribution in [3.05, 3.63) is 0 Å². The van der Waals surface area contributed by atoms with Gasteiger partial charge >= 0.3 is 0 Å². The molecule has 3 atom stereocenters. The minimum absolute atomic E-state index is 0.172. The van der Waals surface area contributed by atoms with Gasteiger partial charge < -0.3 is 0 Å². The molecule has 56 valence electrons. The highest BCUT2D eigenvalue weighted by Crippen LogP contribution is 2.57. The van der Waals surface area contributed by atoms with Gasteiger partial charge in [-0.1, -0.05) is 13.8 Å². The predicted octanol–water partition coefficient (Wildman–Crippen LogP) is 2.01. The van der Waals surface area contributed by atoms with Gasteiger partial charge in [0.15, 0.2) is 0 Å². The van der Waals surface area contributed by atoms with Gasteiger partial charge in [-0.25, -0.2) is 0 Å². The Morgan fingerprint density at radius 2 is 2.30 bits per heavy atom. The Morgan fingerprint density at radius 1 is 1.60 bits per heavy atom. The summed E-state index contributed by atoms with van der Waals surface area (Å²) in [7, 11) is 0. The molecule has 0 aromatic rings. The summed E-state index contributed by atoms with van der Waals surface area (Å²) < 4.78 is 7.63. The maximum Gasteiger partial charge on any atom is 0.133 e. The lowest BCUT2D eigenvalue weighted by molar-refractivity contribution is -0.140. The van der Waals surface area contributed by atoms with Crippen LogP contribution in [-0.2, 0) is 4.79 Å². The van der Waals surface area contributed by atoms with Crippen molar-refractivity contribution in [2.45, 2.75) is 33.1 Å². The van der Waals surface area contributed by atoms with E-state index in [9.17, 15) is 4.79 Å². The predicted molar refractivity (Wildman–Crippen MR) is 39.6 cm³/mol. The van der Waals surface area contributed by atoms with Crippen LogP contribution < -0.4 is 0 Å². The molecule has 0 N–H and O–H groups in total. The molecule has 3 aliphatic rings. The van der Waals surface area contributed by atoms with E-state index in [0.717, 1.165) is 6.42 Å². The molecule has 2 bridgehead atoms. The topological polar surface area (TPSA) is 17.1 Å². The van der Waals surface area contributed by atoms with Crippen molar-refractivity contribution in [1.29, 1.82) is 0 Å². The van der Waals surface area contributed by atoms with E-state index in [1.165, 1.54) is 0 Å². The molecule has 0 aromatic carbocycles. The standard InChI is InChI=1S/C9H14O/c1-9(2)6-3-7(9)5-8(10)4-6/h6-7H,3-5H2,1-2H3/t6-,7+/i4D/t4?,6-,7+/m0/s1. The van der Waals surface area contributed by atoms with Crippen molar-refractivity contribution in [3.8, 4) is 0 Å². The Hall–Kier alpha value is -0.330. The highest BCUT2D eigenvalue weighted by atomic mass is 16.1. The summed E-state index contributed by atoms with van der Waals surface area (Å²) in [6.45, 7) is 4.39. The van der Waals surface area contributed by atoms with Gasteiger partial charge in [-0.15, -0.1) is 0 Å². The molecular formula is C9H14O. The van der Waals surface area contributed by atoms with Crippen molar-refractivity contribution < 1.29 is 6.17 Å². The zero-order chi connectivity index (χ0) is 8.22. The average molecular weight is 139 g/mol. The van der Waals surface area contributed by atoms with Gasteiger partial charge in [-0.2, -0.15) is 0 Å². The van der Waals surface area contributed by atoms with Crippen LogP contribution in [0.15, 0.2) is 0 Å². The number of fused-ring (bicyclic) bond motifs is 2. The van der Waals surface area contributed by atoms with Crippen molar-refractivity contribution in [2.75, 3.05) is 0 Å². The van der Waals surface area contributed by atoms with Crippen molar-refractivity contribution in [3.63, 3.8) is 0 Å². The van der Waals surface area contributed by atoms with Gasteiger partial charge in [0.1, 0.15) is 5.78 Å². The third-order valence-electron chi connectivity index (χ3n) is 3.38. The zero-order valence-corrected chi connectivity index (χ0v) is 6.55. The third kappa shape index (κ3) is 0.609. The first-order chi connectivity index (χ1) is 5.03. The lowest BCUT2D eigenvalue weighted by Gasteiger charge is -2.55. The molecule has 3 saturated carbocycles. The van der Waals surface area contributed by atoms with Crippen molar-refractivity contribution in [2.24, 2.45) is 17.3 Å². The van der Waals surface area contributed by atoms with E-state index in [0.29, 0.717) is 18.3 Å². The molecule has 3 aliphatic carbocycles. The zero-order valence-electron chi connectivity index (χ0n) is 7.55. The van der Waals surface area contributed by atoms with Crippen LogP contribution in [0.3, 0.4) is 0 Å². The molecule has 1 nitrogen and oxygen atoms in total. The number of carbonyl (C=O) groups is 1. The van der Waals surface area contributed by atoms with Crippen LogP contribution in [0.4, 0.5) is 0 Å². The Labute approximate surface area is 63.2 Å². The largest absolute Gasteiger partial charge is 0.300 e. The number of hydrogen-bond acceptors (Lipinski definition) is 1. The van der Waals surface area contributed by atoms with Gasteiger partial charge in [0.2, 0.25) is 0 Å². The summed E-state index contributed by atoms with van der Waals surface area (Å²) in [5.41, 5.74) is 0.278. The first-order valence-electron chi connectivity index (χ1n) is 4.56. The van der Waals surface area contributed by atoms with Crippen molar-refractivity contribution in [1.82, 2.24) is 0 Å². The van der Waals surface area contributed by atoms with E-state index in [1.807, 2.05) is 0 Å². The van der Waals surface area contributed by atoms with Gasteiger partial charge in [-0.3, -0.25) is 4.79 Å². The summed E-state index contributed by atoms with van der Waals surface area (Å²) in [5, 5.41) is 0. The van der Waals surface area contributed by atoms with Crippen molar-refractivity contribution >= 4 is 5.78 Å². The maximum atomic E-state index is 11.1. The number of carbonyl (C=O) groups excluding carboxylic acids is 1. The smallest absolute Gasteiger partial charge is 0.133 e. The minimum Gasteiger partial charge on any atom is -0.300 e. The van der Waals surface area contributed by atoms with Gasteiger partial charge in [0.25, 0.3) is 0 Å². The molecule has 0 aromatic heterocycles. The van der Waals surface area contributed by atoms with Crippen LogP contribution in [0.1, 0.15) is 34.5 Å². The monoisotopic (exact) mass is 139 g/mol. The fourth-order valence-electron chi connectivity index (χ4n) is 2.22. The number of ketones is 1. The molecule has 0 saturated heterocycles. The fourth-order valence-corrected chi connectivity index (χ4v) is 2.22. The lowest BCUT2D eigenvalue weighted by atomic mass is 9.49. The molecular weight excluding hydrogens is 124 g/mol.